The highest BCUT2D eigenvalue weighted by Crippen LogP contribution is 2.24. The van der Waals surface area contributed by atoms with Gasteiger partial charge in [0.15, 0.2) is 0 Å². The summed E-state index contributed by atoms with van der Waals surface area (Å²) >= 11 is 3.52. The number of rotatable bonds is 7. The van der Waals surface area contributed by atoms with Gasteiger partial charge in [-0.1, -0.05) is 29.8 Å². The molecule has 1 aromatic heterocycles. The fourth-order valence-corrected chi connectivity index (χ4v) is 2.42. The number of aromatic nitrogens is 2. The third-order valence-corrected chi connectivity index (χ3v) is 3.53. The van der Waals surface area contributed by atoms with E-state index in [4.69, 9.17) is 4.74 Å². The molecule has 0 bridgehead atoms. The highest BCUT2D eigenvalue weighted by molar-refractivity contribution is 9.10. The Morgan fingerprint density at radius 1 is 1.33 bits per heavy atom. The fraction of sp³-hybridized carbons (Fsp3) is 0.438. The van der Waals surface area contributed by atoms with Crippen LogP contribution in [0.2, 0.25) is 0 Å². The Labute approximate surface area is 134 Å². The number of nitrogens with one attached hydrogen (secondary N) is 1. The van der Waals surface area contributed by atoms with Crippen molar-refractivity contribution in [1.82, 2.24) is 15.1 Å². The zero-order valence-electron chi connectivity index (χ0n) is 12.8. The van der Waals surface area contributed by atoms with Crippen LogP contribution in [0.15, 0.2) is 34.9 Å². The molecule has 21 heavy (non-hydrogen) atoms. The van der Waals surface area contributed by atoms with E-state index >= 15 is 0 Å². The maximum absolute atomic E-state index is 5.91. The molecule has 2 aromatic rings. The van der Waals surface area contributed by atoms with E-state index in [2.05, 4.69) is 46.3 Å². The first-order valence-electron chi connectivity index (χ1n) is 7.15. The molecule has 1 aromatic carbocycles. The molecule has 0 atom stereocenters. The Balaban J connectivity index is 2.00. The topological polar surface area (TPSA) is 39.1 Å². The van der Waals surface area contributed by atoms with Gasteiger partial charge < -0.3 is 10.1 Å². The van der Waals surface area contributed by atoms with Crippen LogP contribution >= 0.6 is 15.9 Å². The lowest BCUT2D eigenvalue weighted by molar-refractivity contribution is 0.296. The lowest BCUT2D eigenvalue weighted by Gasteiger charge is -2.13. The maximum atomic E-state index is 5.91. The molecular formula is C16H22BrN3O. The molecule has 1 heterocycles. The largest absolute Gasteiger partial charge is 0.487 e. The summed E-state index contributed by atoms with van der Waals surface area (Å²) in [6.07, 6.45) is 1.92. The summed E-state index contributed by atoms with van der Waals surface area (Å²) in [6.45, 7) is 6.68. The molecule has 0 spiro atoms. The summed E-state index contributed by atoms with van der Waals surface area (Å²) in [5.41, 5.74) is 2.09. The summed E-state index contributed by atoms with van der Waals surface area (Å²) in [4.78, 5) is 0. The van der Waals surface area contributed by atoms with Crippen molar-refractivity contribution in [2.45, 2.75) is 27.0 Å². The minimum absolute atomic E-state index is 0.486. The molecule has 0 saturated carbocycles. The van der Waals surface area contributed by atoms with Crippen molar-refractivity contribution in [3.05, 3.63) is 46.2 Å². The van der Waals surface area contributed by atoms with Gasteiger partial charge in [0.1, 0.15) is 12.4 Å². The molecule has 5 heteroatoms. The second-order valence-electron chi connectivity index (χ2n) is 5.55. The molecule has 0 aliphatic heterocycles. The summed E-state index contributed by atoms with van der Waals surface area (Å²) in [7, 11) is 1.91. The van der Waals surface area contributed by atoms with E-state index in [1.807, 2.05) is 31.4 Å². The summed E-state index contributed by atoms with van der Waals surface area (Å²) < 4.78 is 8.76. The molecule has 0 unspecified atom stereocenters. The molecule has 1 N–H and O–H groups in total. The van der Waals surface area contributed by atoms with Gasteiger partial charge >= 0.3 is 0 Å². The number of hydrogen-bond donors (Lipinski definition) is 1. The van der Waals surface area contributed by atoms with Crippen molar-refractivity contribution in [1.29, 1.82) is 0 Å². The highest BCUT2D eigenvalue weighted by atomic mass is 79.9. The number of aryl methyl sites for hydroxylation is 1. The Morgan fingerprint density at radius 2 is 2.14 bits per heavy atom. The molecule has 0 aliphatic rings. The standard InChI is InChI=1S/C16H22BrN3O/c1-12(2)9-18-10-13-8-14(17)4-5-16(13)21-11-15-6-7-20(3)19-15/h4-8,12,18H,9-11H2,1-3H3. The van der Waals surface area contributed by atoms with Gasteiger partial charge in [0.25, 0.3) is 0 Å². The number of halogens is 1. The van der Waals surface area contributed by atoms with Crippen molar-refractivity contribution in [2.24, 2.45) is 13.0 Å². The minimum atomic E-state index is 0.486. The van der Waals surface area contributed by atoms with Crippen molar-refractivity contribution in [3.63, 3.8) is 0 Å². The SMILES string of the molecule is CC(C)CNCc1cc(Br)ccc1OCc1ccn(C)n1. The van der Waals surface area contributed by atoms with Gasteiger partial charge in [-0.3, -0.25) is 4.68 Å². The van der Waals surface area contributed by atoms with Crippen molar-refractivity contribution in [2.75, 3.05) is 6.54 Å². The van der Waals surface area contributed by atoms with Crippen LogP contribution in [0.1, 0.15) is 25.1 Å². The van der Waals surface area contributed by atoms with Crippen LogP contribution in [0.3, 0.4) is 0 Å². The minimum Gasteiger partial charge on any atom is -0.487 e. The average molecular weight is 352 g/mol. The summed E-state index contributed by atoms with van der Waals surface area (Å²) in [5.74, 6) is 1.54. The van der Waals surface area contributed by atoms with Gasteiger partial charge in [-0.2, -0.15) is 5.10 Å². The first-order chi connectivity index (χ1) is 10.0. The third-order valence-electron chi connectivity index (χ3n) is 3.03. The van der Waals surface area contributed by atoms with E-state index in [9.17, 15) is 0 Å². The Morgan fingerprint density at radius 3 is 2.81 bits per heavy atom. The molecule has 0 amide bonds. The molecule has 0 radical (unpaired) electrons. The molecule has 0 saturated heterocycles. The van der Waals surface area contributed by atoms with E-state index in [0.717, 1.165) is 34.6 Å². The van der Waals surface area contributed by atoms with Gasteiger partial charge in [-0.15, -0.1) is 0 Å². The second-order valence-corrected chi connectivity index (χ2v) is 6.46. The van der Waals surface area contributed by atoms with Crippen molar-refractivity contribution >= 4 is 15.9 Å². The Hall–Kier alpha value is -1.33. The highest BCUT2D eigenvalue weighted by Gasteiger charge is 2.06. The van der Waals surface area contributed by atoms with Crippen LogP contribution in [0.4, 0.5) is 0 Å². The van der Waals surface area contributed by atoms with E-state index in [1.54, 1.807) is 4.68 Å². The Kier molecular flexibility index (Phi) is 5.82. The van der Waals surface area contributed by atoms with Crippen LogP contribution < -0.4 is 10.1 Å². The number of ether oxygens (including phenoxy) is 1. The predicted molar refractivity (Wildman–Crippen MR) is 88.2 cm³/mol. The molecule has 2 rings (SSSR count). The van der Waals surface area contributed by atoms with E-state index in [1.165, 1.54) is 0 Å². The zero-order valence-corrected chi connectivity index (χ0v) is 14.4. The average Bonchev–Trinajstić information content (AvgIpc) is 2.83. The van der Waals surface area contributed by atoms with E-state index < -0.39 is 0 Å². The van der Waals surface area contributed by atoms with Gasteiger partial charge in [0, 0.05) is 29.8 Å². The van der Waals surface area contributed by atoms with Crippen LogP contribution in [0, 0.1) is 5.92 Å². The van der Waals surface area contributed by atoms with Crippen LogP contribution in [-0.2, 0) is 20.2 Å². The Bertz CT molecular complexity index is 581. The molecular weight excluding hydrogens is 330 g/mol. The van der Waals surface area contributed by atoms with Gasteiger partial charge in [-0.25, -0.2) is 0 Å². The van der Waals surface area contributed by atoms with Gasteiger partial charge in [0.05, 0.1) is 5.69 Å². The monoisotopic (exact) mass is 351 g/mol. The van der Waals surface area contributed by atoms with Crippen LogP contribution in [0.25, 0.3) is 0 Å². The van der Waals surface area contributed by atoms with Gasteiger partial charge in [0.2, 0.25) is 0 Å². The molecule has 4 nitrogen and oxygen atoms in total. The molecule has 114 valence electrons. The first kappa shape index (κ1) is 16.0. The van der Waals surface area contributed by atoms with Gasteiger partial charge in [-0.05, 0) is 36.7 Å². The first-order valence-corrected chi connectivity index (χ1v) is 7.94. The third kappa shape index (κ3) is 5.17. The van der Waals surface area contributed by atoms with Crippen LogP contribution in [0.5, 0.6) is 5.75 Å². The van der Waals surface area contributed by atoms with Crippen molar-refractivity contribution < 1.29 is 4.74 Å². The lowest BCUT2D eigenvalue weighted by Crippen LogP contribution is -2.19. The normalized spacial score (nSPS) is 11.1. The van der Waals surface area contributed by atoms with E-state index in [-0.39, 0.29) is 0 Å². The molecule has 0 aliphatic carbocycles. The van der Waals surface area contributed by atoms with Crippen molar-refractivity contribution in [3.8, 4) is 5.75 Å². The summed E-state index contributed by atoms with van der Waals surface area (Å²) in [6, 6.07) is 8.07. The number of hydrogen-bond acceptors (Lipinski definition) is 3. The maximum Gasteiger partial charge on any atom is 0.132 e. The van der Waals surface area contributed by atoms with Crippen LogP contribution in [-0.4, -0.2) is 16.3 Å². The molecule has 0 fully saturated rings. The summed E-state index contributed by atoms with van der Waals surface area (Å²) in [5, 5.41) is 7.78. The predicted octanol–water partition coefficient (Wildman–Crippen LogP) is 3.51. The zero-order chi connectivity index (χ0) is 15.2. The fourth-order valence-electron chi connectivity index (χ4n) is 2.01. The second kappa shape index (κ2) is 7.61. The number of nitrogens with zero attached hydrogens (tertiary/aromatic N) is 2. The smallest absolute Gasteiger partial charge is 0.132 e. The number of benzene rings is 1. The quantitative estimate of drug-likeness (QED) is 0.829. The van der Waals surface area contributed by atoms with E-state index in [0.29, 0.717) is 12.5 Å². The lowest BCUT2D eigenvalue weighted by atomic mass is 10.2.